The molecule has 0 atom stereocenters. The number of rotatable bonds is 0. The Kier molecular flexibility index (Phi) is 3.77. The highest BCUT2D eigenvalue weighted by molar-refractivity contribution is 8.33. The van der Waals surface area contributed by atoms with Crippen LogP contribution < -0.4 is 25.4 Å². The van der Waals surface area contributed by atoms with E-state index < -0.39 is 10.0 Å². The minimum atomic E-state index is -1.18. The molecule has 4 heterocycles. The first-order chi connectivity index (χ1) is 18.5. The minimum absolute atomic E-state index is 0.0611. The van der Waals surface area contributed by atoms with Crippen LogP contribution in [-0.2, 0) is 0 Å². The lowest BCUT2D eigenvalue weighted by Crippen LogP contribution is -2.62. The molecule has 9 rings (SSSR count). The van der Waals surface area contributed by atoms with Crippen LogP contribution in [0.3, 0.4) is 0 Å². The maximum absolute atomic E-state index is 6.53. The number of ether oxygens (including phenoxy) is 1. The molecule has 3 nitrogen and oxygen atoms in total. The van der Waals surface area contributed by atoms with Crippen molar-refractivity contribution < 1.29 is 4.74 Å². The van der Waals surface area contributed by atoms with Gasteiger partial charge in [-0.2, -0.15) is 10.0 Å². The molecule has 0 spiro atoms. The van der Waals surface area contributed by atoms with Crippen molar-refractivity contribution in [2.45, 2.75) is 16.7 Å². The summed E-state index contributed by atoms with van der Waals surface area (Å²) < 4.78 is 6.53. The van der Waals surface area contributed by atoms with E-state index >= 15 is 0 Å². The second-order valence-electron chi connectivity index (χ2n) is 11.1. The molecule has 0 amide bonds. The Morgan fingerprint density at radius 3 is 2.29 bits per heavy atom. The Morgan fingerprint density at radius 1 is 0.658 bits per heavy atom. The van der Waals surface area contributed by atoms with Gasteiger partial charge < -0.3 is 14.4 Å². The van der Waals surface area contributed by atoms with Crippen molar-refractivity contribution in [3.8, 4) is 22.6 Å². The molecule has 182 valence electrons. The van der Waals surface area contributed by atoms with Crippen molar-refractivity contribution in [1.82, 2.24) is 0 Å². The number of para-hydroxylation sites is 5. The molecule has 5 heteroatoms. The third-order valence-corrected chi connectivity index (χ3v) is 11.6. The predicted molar refractivity (Wildman–Crippen MR) is 161 cm³/mol. The summed E-state index contributed by atoms with van der Waals surface area (Å²) in [5.74, 6) is 1.82. The van der Waals surface area contributed by atoms with Gasteiger partial charge in [-0.05, 0) is 84.0 Å². The maximum atomic E-state index is 6.53. The molecule has 0 saturated heterocycles. The first kappa shape index (κ1) is 20.9. The molecular weight excluding hydrogens is 483 g/mol. The van der Waals surface area contributed by atoms with E-state index in [2.05, 4.69) is 126 Å². The zero-order valence-electron chi connectivity index (χ0n) is 21.5. The smallest absolute Gasteiger partial charge is 0.333 e. The van der Waals surface area contributed by atoms with Gasteiger partial charge in [-0.15, -0.1) is 0 Å². The maximum Gasteiger partial charge on any atom is 0.333 e. The Morgan fingerprint density at radius 2 is 1.39 bits per heavy atom. The molecule has 0 radical (unpaired) electrons. The highest BCUT2D eigenvalue weighted by Crippen LogP contribution is 2.68. The molecule has 4 aliphatic rings. The molecule has 0 aromatic heterocycles. The fourth-order valence-corrected chi connectivity index (χ4v) is 9.65. The van der Waals surface area contributed by atoms with Crippen LogP contribution in [0.2, 0.25) is 0 Å². The van der Waals surface area contributed by atoms with E-state index in [-0.39, 0.29) is 6.85 Å². The van der Waals surface area contributed by atoms with Crippen molar-refractivity contribution >= 4 is 56.2 Å². The van der Waals surface area contributed by atoms with Gasteiger partial charge in [0, 0.05) is 32.4 Å². The number of aryl methyl sites for hydroxylation is 1. The number of benzene rings is 5. The highest BCUT2D eigenvalue weighted by Gasteiger charge is 2.50. The summed E-state index contributed by atoms with van der Waals surface area (Å²) in [6.07, 6.45) is 4.90. The second kappa shape index (κ2) is 6.86. The standard InChI is InChI=1S/C33H25BN2OS/c1-20-18-22-21-10-8-17-30-32(21)36(25-13-5-7-16-29(25)38(30,2)3)34-23-11-9-15-28-33(23)35(26(19-20)31(22)34)24-12-4-6-14-27(24)37-28/h4-19H,1-3H3. The van der Waals surface area contributed by atoms with Crippen LogP contribution in [0.4, 0.5) is 28.4 Å². The number of anilines is 5. The average molecular weight is 508 g/mol. The van der Waals surface area contributed by atoms with E-state index in [1.54, 1.807) is 0 Å². The minimum Gasteiger partial charge on any atom is -0.453 e. The van der Waals surface area contributed by atoms with Gasteiger partial charge in [0.15, 0.2) is 11.5 Å². The topological polar surface area (TPSA) is 15.7 Å². The number of hydrogen-bond donors (Lipinski definition) is 0. The van der Waals surface area contributed by atoms with Crippen LogP contribution in [0.15, 0.2) is 107 Å². The molecule has 0 aliphatic carbocycles. The zero-order valence-corrected chi connectivity index (χ0v) is 22.3. The molecule has 4 aliphatic heterocycles. The number of fused-ring (bicyclic) bond motifs is 8. The lowest BCUT2D eigenvalue weighted by molar-refractivity contribution is 0.477. The quantitative estimate of drug-likeness (QED) is 0.197. The van der Waals surface area contributed by atoms with Crippen LogP contribution >= 0.6 is 10.0 Å². The van der Waals surface area contributed by atoms with Crippen molar-refractivity contribution in [3.63, 3.8) is 0 Å². The SMILES string of the molecule is Cc1cc2c3c(c1)N1c4ccccc4Oc4cccc(c41)B3N1c3ccccc3S(C)(C)c3cccc-2c31. The van der Waals surface area contributed by atoms with Gasteiger partial charge in [0.05, 0.1) is 11.4 Å². The summed E-state index contributed by atoms with van der Waals surface area (Å²) in [7, 11) is -1.18. The van der Waals surface area contributed by atoms with Gasteiger partial charge >= 0.3 is 6.85 Å². The molecule has 0 bridgehead atoms. The van der Waals surface area contributed by atoms with Gasteiger partial charge in [0.25, 0.3) is 0 Å². The molecule has 0 saturated carbocycles. The van der Waals surface area contributed by atoms with Crippen molar-refractivity contribution in [3.05, 3.63) is 103 Å². The summed E-state index contributed by atoms with van der Waals surface area (Å²) in [4.78, 5) is 8.02. The Bertz CT molecular complexity index is 1880. The van der Waals surface area contributed by atoms with Gasteiger partial charge in [-0.3, -0.25) is 0 Å². The Labute approximate surface area is 224 Å². The van der Waals surface area contributed by atoms with Crippen LogP contribution in [0.25, 0.3) is 11.1 Å². The summed E-state index contributed by atoms with van der Waals surface area (Å²) in [6.45, 7) is 2.29. The van der Waals surface area contributed by atoms with Crippen molar-refractivity contribution in [1.29, 1.82) is 0 Å². The summed E-state index contributed by atoms with van der Waals surface area (Å²) >= 11 is 0. The molecule has 0 fully saturated rings. The monoisotopic (exact) mass is 508 g/mol. The van der Waals surface area contributed by atoms with E-state index in [0.29, 0.717) is 0 Å². The predicted octanol–water partition coefficient (Wildman–Crippen LogP) is 7.60. The lowest BCUT2D eigenvalue weighted by atomic mass is 9.43. The van der Waals surface area contributed by atoms with E-state index in [1.165, 1.54) is 54.5 Å². The molecule has 5 aromatic rings. The second-order valence-corrected chi connectivity index (χ2v) is 14.6. The summed E-state index contributed by atoms with van der Waals surface area (Å²) in [6, 6.07) is 35.8. The first-order valence-electron chi connectivity index (χ1n) is 13.1. The van der Waals surface area contributed by atoms with Gasteiger partial charge in [0.1, 0.15) is 0 Å². The van der Waals surface area contributed by atoms with E-state index in [1.807, 2.05) is 0 Å². The first-order valence-corrected chi connectivity index (χ1v) is 15.6. The fraction of sp³-hybridized carbons (Fsp3) is 0.0909. The van der Waals surface area contributed by atoms with Gasteiger partial charge in [0.2, 0.25) is 0 Å². The Balaban J connectivity index is 1.47. The highest BCUT2D eigenvalue weighted by atomic mass is 32.3. The van der Waals surface area contributed by atoms with Gasteiger partial charge in [-0.25, -0.2) is 0 Å². The third kappa shape index (κ3) is 2.35. The van der Waals surface area contributed by atoms with Crippen molar-refractivity contribution in [2.24, 2.45) is 0 Å². The molecule has 0 unspecified atom stereocenters. The summed E-state index contributed by atoms with van der Waals surface area (Å²) in [5.41, 5.74) is 12.9. The molecule has 38 heavy (non-hydrogen) atoms. The largest absolute Gasteiger partial charge is 0.453 e. The normalized spacial score (nSPS) is 16.9. The summed E-state index contributed by atoms with van der Waals surface area (Å²) in [5, 5.41) is 0. The van der Waals surface area contributed by atoms with E-state index in [0.717, 1.165) is 22.9 Å². The van der Waals surface area contributed by atoms with Crippen LogP contribution in [0.5, 0.6) is 11.5 Å². The average Bonchev–Trinajstić information content (AvgIpc) is 2.93. The number of hydrogen-bond acceptors (Lipinski definition) is 3. The van der Waals surface area contributed by atoms with Gasteiger partial charge in [-0.1, -0.05) is 54.6 Å². The van der Waals surface area contributed by atoms with Crippen molar-refractivity contribution in [2.75, 3.05) is 22.2 Å². The lowest BCUT2D eigenvalue weighted by Gasteiger charge is -2.53. The number of nitrogens with zero attached hydrogens (tertiary/aromatic N) is 2. The zero-order chi connectivity index (χ0) is 25.3. The van der Waals surface area contributed by atoms with E-state index in [9.17, 15) is 0 Å². The van der Waals surface area contributed by atoms with E-state index in [4.69, 9.17) is 4.74 Å². The molecular formula is C33H25BN2OS. The van der Waals surface area contributed by atoms with Crippen LogP contribution in [-0.4, -0.2) is 19.4 Å². The third-order valence-electron chi connectivity index (χ3n) is 8.70. The molecule has 5 aromatic carbocycles. The van der Waals surface area contributed by atoms with Crippen LogP contribution in [0.1, 0.15) is 5.56 Å². The fourth-order valence-electron chi connectivity index (χ4n) is 7.19. The van der Waals surface area contributed by atoms with Crippen LogP contribution in [0, 0.1) is 6.92 Å². The molecule has 0 N–H and O–H groups in total. The Hall–Kier alpha value is -4.09.